The normalized spacial score (nSPS) is 19.0. The first-order valence-corrected chi connectivity index (χ1v) is 7.44. The van der Waals surface area contributed by atoms with Gasteiger partial charge >= 0.3 is 5.97 Å². The summed E-state index contributed by atoms with van der Waals surface area (Å²) >= 11 is 0. The topological polar surface area (TPSA) is 72.9 Å². The number of rotatable bonds is 4. The Hall–Kier alpha value is -1.92. The molecule has 0 bridgehead atoms. The van der Waals surface area contributed by atoms with Crippen LogP contribution in [-0.4, -0.2) is 67.1 Å². The molecule has 2 N–H and O–H groups in total. The molecular formula is C16H23N3O3. The van der Waals surface area contributed by atoms with Crippen LogP contribution in [0.15, 0.2) is 24.3 Å². The molecule has 1 heterocycles. The molecular weight excluding hydrogens is 282 g/mol. The fourth-order valence-electron chi connectivity index (χ4n) is 2.61. The van der Waals surface area contributed by atoms with Crippen LogP contribution in [0.3, 0.4) is 0 Å². The van der Waals surface area contributed by atoms with Gasteiger partial charge in [-0.05, 0) is 31.8 Å². The van der Waals surface area contributed by atoms with Crippen LogP contribution in [0.4, 0.5) is 0 Å². The standard InChI is InChI=1S/C16H23N3O3/c1-18(2)10-12-4-3-5-13(8-12)15(20)19-7-6-17-9-14(11-19)16(21)22/h3-5,8,14,17H,6-7,9-11H2,1-2H3,(H,21,22). The van der Waals surface area contributed by atoms with Crippen LogP contribution < -0.4 is 5.32 Å². The van der Waals surface area contributed by atoms with Crippen molar-refractivity contribution < 1.29 is 14.7 Å². The second-order valence-corrected chi connectivity index (χ2v) is 5.93. The molecule has 22 heavy (non-hydrogen) atoms. The summed E-state index contributed by atoms with van der Waals surface area (Å²) in [7, 11) is 3.96. The zero-order valence-corrected chi connectivity index (χ0v) is 13.1. The van der Waals surface area contributed by atoms with E-state index in [-0.39, 0.29) is 12.5 Å². The van der Waals surface area contributed by atoms with E-state index in [1.165, 1.54) is 0 Å². The summed E-state index contributed by atoms with van der Waals surface area (Å²) in [6.07, 6.45) is 0. The van der Waals surface area contributed by atoms with Gasteiger partial charge in [0.25, 0.3) is 5.91 Å². The number of nitrogens with one attached hydrogen (secondary N) is 1. The zero-order valence-electron chi connectivity index (χ0n) is 13.1. The van der Waals surface area contributed by atoms with Crippen molar-refractivity contribution in [3.63, 3.8) is 0 Å². The molecule has 1 amide bonds. The molecule has 1 aliphatic rings. The molecule has 1 atom stereocenters. The third kappa shape index (κ3) is 4.29. The fraction of sp³-hybridized carbons (Fsp3) is 0.500. The van der Waals surface area contributed by atoms with Gasteiger partial charge in [0, 0.05) is 38.3 Å². The largest absolute Gasteiger partial charge is 0.481 e. The molecule has 6 nitrogen and oxygen atoms in total. The van der Waals surface area contributed by atoms with Crippen molar-refractivity contribution in [3.05, 3.63) is 35.4 Å². The minimum atomic E-state index is -0.867. The van der Waals surface area contributed by atoms with Crippen LogP contribution >= 0.6 is 0 Å². The van der Waals surface area contributed by atoms with E-state index in [1.54, 1.807) is 11.0 Å². The number of hydrogen-bond donors (Lipinski definition) is 2. The van der Waals surface area contributed by atoms with Gasteiger partial charge in [-0.15, -0.1) is 0 Å². The summed E-state index contributed by atoms with van der Waals surface area (Å²) < 4.78 is 0. The molecule has 0 radical (unpaired) electrons. The van der Waals surface area contributed by atoms with Crippen molar-refractivity contribution in [2.75, 3.05) is 40.3 Å². The molecule has 0 spiro atoms. The Morgan fingerprint density at radius 3 is 2.86 bits per heavy atom. The number of aliphatic carboxylic acids is 1. The average Bonchev–Trinajstić information content (AvgIpc) is 2.72. The first-order valence-electron chi connectivity index (χ1n) is 7.44. The highest BCUT2D eigenvalue weighted by molar-refractivity contribution is 5.94. The van der Waals surface area contributed by atoms with E-state index in [4.69, 9.17) is 0 Å². The van der Waals surface area contributed by atoms with Gasteiger partial charge in [0.05, 0.1) is 5.92 Å². The highest BCUT2D eigenvalue weighted by Gasteiger charge is 2.27. The predicted octanol–water partition coefficient (Wildman–Crippen LogP) is 0.494. The molecule has 0 aromatic heterocycles. The summed E-state index contributed by atoms with van der Waals surface area (Å²) in [5.41, 5.74) is 1.68. The summed E-state index contributed by atoms with van der Waals surface area (Å²) in [6.45, 7) is 2.56. The van der Waals surface area contributed by atoms with Gasteiger partial charge in [-0.3, -0.25) is 9.59 Å². The van der Waals surface area contributed by atoms with Gasteiger partial charge in [-0.25, -0.2) is 0 Å². The maximum absolute atomic E-state index is 12.7. The highest BCUT2D eigenvalue weighted by Crippen LogP contribution is 2.13. The molecule has 1 aromatic carbocycles. The number of nitrogens with zero attached hydrogens (tertiary/aromatic N) is 2. The first-order chi connectivity index (χ1) is 10.5. The lowest BCUT2D eigenvalue weighted by atomic mass is 10.1. The maximum Gasteiger partial charge on any atom is 0.309 e. The molecule has 0 saturated carbocycles. The third-order valence-electron chi connectivity index (χ3n) is 3.70. The number of carboxylic acids is 1. The number of hydrogen-bond acceptors (Lipinski definition) is 4. The summed E-state index contributed by atoms with van der Waals surface area (Å²) in [5, 5.41) is 12.3. The smallest absolute Gasteiger partial charge is 0.309 e. The van der Waals surface area contributed by atoms with Gasteiger partial charge in [0.15, 0.2) is 0 Å². The second-order valence-electron chi connectivity index (χ2n) is 5.93. The molecule has 1 saturated heterocycles. The van der Waals surface area contributed by atoms with Gasteiger partial charge in [0.2, 0.25) is 0 Å². The summed E-state index contributed by atoms with van der Waals surface area (Å²) in [4.78, 5) is 27.5. The van der Waals surface area contributed by atoms with Crippen molar-refractivity contribution in [3.8, 4) is 0 Å². The van der Waals surface area contributed by atoms with Crippen molar-refractivity contribution in [2.24, 2.45) is 5.92 Å². The maximum atomic E-state index is 12.7. The summed E-state index contributed by atoms with van der Waals surface area (Å²) in [6, 6.07) is 7.53. The van der Waals surface area contributed by atoms with Gasteiger partial charge in [0.1, 0.15) is 0 Å². The van der Waals surface area contributed by atoms with E-state index in [2.05, 4.69) is 5.32 Å². The fourth-order valence-corrected chi connectivity index (χ4v) is 2.61. The Kier molecular flexibility index (Phi) is 5.51. The molecule has 1 aromatic rings. The Morgan fingerprint density at radius 2 is 2.18 bits per heavy atom. The molecule has 0 aliphatic carbocycles. The minimum Gasteiger partial charge on any atom is -0.481 e. The lowest BCUT2D eigenvalue weighted by molar-refractivity contribution is -0.141. The van der Waals surface area contributed by atoms with E-state index in [0.717, 1.165) is 12.1 Å². The van der Waals surface area contributed by atoms with Gasteiger partial charge in [-0.2, -0.15) is 0 Å². The molecule has 6 heteroatoms. The molecule has 120 valence electrons. The lowest BCUT2D eigenvalue weighted by Gasteiger charge is -2.22. The average molecular weight is 305 g/mol. The van der Waals surface area contributed by atoms with Crippen LogP contribution in [0.1, 0.15) is 15.9 Å². The van der Waals surface area contributed by atoms with Crippen LogP contribution in [-0.2, 0) is 11.3 Å². The quantitative estimate of drug-likeness (QED) is 0.847. The van der Waals surface area contributed by atoms with Crippen molar-refractivity contribution in [1.82, 2.24) is 15.1 Å². The van der Waals surface area contributed by atoms with Crippen molar-refractivity contribution >= 4 is 11.9 Å². The van der Waals surface area contributed by atoms with Crippen molar-refractivity contribution in [2.45, 2.75) is 6.54 Å². The number of carbonyl (C=O) groups is 2. The molecule has 1 aliphatic heterocycles. The SMILES string of the molecule is CN(C)Cc1cccc(C(=O)N2CCNCC(C(=O)O)C2)c1. The second kappa shape index (κ2) is 7.38. The van der Waals surface area contributed by atoms with Crippen LogP contribution in [0.25, 0.3) is 0 Å². The van der Waals surface area contributed by atoms with Crippen LogP contribution in [0.2, 0.25) is 0 Å². The Morgan fingerprint density at radius 1 is 1.41 bits per heavy atom. The highest BCUT2D eigenvalue weighted by atomic mass is 16.4. The molecule has 1 fully saturated rings. The first kappa shape index (κ1) is 16.5. The number of carboxylic acid groups (broad SMARTS) is 1. The zero-order chi connectivity index (χ0) is 16.1. The van der Waals surface area contributed by atoms with Crippen molar-refractivity contribution in [1.29, 1.82) is 0 Å². The summed E-state index contributed by atoms with van der Waals surface area (Å²) in [5.74, 6) is -1.53. The molecule has 1 unspecified atom stereocenters. The van der Waals surface area contributed by atoms with E-state index in [9.17, 15) is 14.7 Å². The Labute approximate surface area is 130 Å². The van der Waals surface area contributed by atoms with E-state index in [1.807, 2.05) is 37.2 Å². The number of amides is 1. The lowest BCUT2D eigenvalue weighted by Crippen LogP contribution is -2.38. The van der Waals surface area contributed by atoms with E-state index in [0.29, 0.717) is 25.2 Å². The van der Waals surface area contributed by atoms with Gasteiger partial charge in [-0.1, -0.05) is 12.1 Å². The Balaban J connectivity index is 2.14. The third-order valence-corrected chi connectivity index (χ3v) is 3.70. The van der Waals surface area contributed by atoms with Gasteiger partial charge < -0.3 is 20.2 Å². The van der Waals surface area contributed by atoms with Crippen LogP contribution in [0, 0.1) is 5.92 Å². The minimum absolute atomic E-state index is 0.101. The Bertz CT molecular complexity index is 545. The van der Waals surface area contributed by atoms with Crippen LogP contribution in [0.5, 0.6) is 0 Å². The molecule has 2 rings (SSSR count). The number of carbonyl (C=O) groups excluding carboxylic acids is 1. The number of benzene rings is 1. The van der Waals surface area contributed by atoms with E-state index < -0.39 is 11.9 Å². The monoisotopic (exact) mass is 305 g/mol. The van der Waals surface area contributed by atoms with E-state index >= 15 is 0 Å². The predicted molar refractivity (Wildman–Crippen MR) is 83.7 cm³/mol.